The molecule has 0 aliphatic heterocycles. The molecule has 3 aromatic rings. The van der Waals surface area contributed by atoms with Crippen molar-refractivity contribution in [2.24, 2.45) is 0 Å². The van der Waals surface area contributed by atoms with Gasteiger partial charge in [0.25, 0.3) is 0 Å². The Morgan fingerprint density at radius 1 is 1.18 bits per heavy atom. The first-order chi connectivity index (χ1) is 8.25. The molecule has 1 aromatic carbocycles. The highest BCUT2D eigenvalue weighted by Gasteiger charge is 2.08. The summed E-state index contributed by atoms with van der Waals surface area (Å²) in [7, 11) is 0. The van der Waals surface area contributed by atoms with Crippen LogP contribution in [-0.4, -0.2) is 9.97 Å². The van der Waals surface area contributed by atoms with Gasteiger partial charge in [0.2, 0.25) is 0 Å². The van der Waals surface area contributed by atoms with Gasteiger partial charge in [-0.3, -0.25) is 0 Å². The molecule has 0 spiro atoms. The van der Waals surface area contributed by atoms with E-state index in [1.54, 1.807) is 12.3 Å². The molecule has 0 atom stereocenters. The smallest absolute Gasteiger partial charge is 0.147 e. The Morgan fingerprint density at radius 2 is 2.06 bits per heavy atom. The first-order valence-electron chi connectivity index (χ1n) is 5.03. The van der Waals surface area contributed by atoms with Gasteiger partial charge < -0.3 is 10.2 Å². The number of nitrogen functional groups attached to an aromatic ring is 1. The molecule has 0 saturated heterocycles. The summed E-state index contributed by atoms with van der Waals surface area (Å²) in [4.78, 5) is 8.91. The highest BCUT2D eigenvalue weighted by atomic mass is 32.1. The maximum absolute atomic E-state index is 5.82. The number of nitrogens with two attached hydrogens (primary N) is 1. The highest BCUT2D eigenvalue weighted by Crippen LogP contribution is 2.30. The number of hydrogen-bond donors (Lipinski definition) is 2. The maximum Gasteiger partial charge on any atom is 0.147 e. The number of anilines is 1. The molecule has 0 fully saturated rings. The highest BCUT2D eigenvalue weighted by molar-refractivity contribution is 7.80. The van der Waals surface area contributed by atoms with Crippen molar-refractivity contribution in [1.29, 1.82) is 0 Å². The number of nitrogens with zero attached hydrogens (tertiary/aromatic N) is 2. The fraction of sp³-hybridized carbons (Fsp3) is 0. The molecule has 0 radical (unpaired) electrons. The summed E-state index contributed by atoms with van der Waals surface area (Å²) >= 11 is 4.32. The van der Waals surface area contributed by atoms with Crippen molar-refractivity contribution < 1.29 is 4.42 Å². The molecule has 0 amide bonds. The molecule has 17 heavy (non-hydrogen) atoms. The van der Waals surface area contributed by atoms with Crippen LogP contribution in [0.1, 0.15) is 0 Å². The molecule has 3 rings (SSSR count). The van der Waals surface area contributed by atoms with Gasteiger partial charge in [-0.25, -0.2) is 9.97 Å². The Labute approximate surface area is 103 Å². The fourth-order valence-electron chi connectivity index (χ4n) is 1.74. The molecule has 5 heteroatoms. The lowest BCUT2D eigenvalue weighted by Gasteiger charge is -2.03. The Morgan fingerprint density at radius 3 is 2.82 bits per heavy atom. The number of fused-ring (bicyclic) bond motifs is 1. The summed E-state index contributed by atoms with van der Waals surface area (Å²) in [5.41, 5.74) is 7.54. The molecular weight excluding hydrogens is 234 g/mol. The van der Waals surface area contributed by atoms with Gasteiger partial charge in [-0.2, -0.15) is 0 Å². The molecule has 2 aromatic heterocycles. The van der Waals surface area contributed by atoms with Crippen molar-refractivity contribution in [2.45, 2.75) is 4.90 Å². The normalized spacial score (nSPS) is 10.9. The van der Waals surface area contributed by atoms with Crippen LogP contribution >= 0.6 is 12.6 Å². The predicted molar refractivity (Wildman–Crippen MR) is 68.9 cm³/mol. The third-order valence-corrected chi connectivity index (χ3v) is 2.92. The summed E-state index contributed by atoms with van der Waals surface area (Å²) < 4.78 is 5.38. The topological polar surface area (TPSA) is 64.9 Å². The summed E-state index contributed by atoms with van der Waals surface area (Å²) in [5, 5.41) is 0.814. The number of thiol groups is 1. The minimum absolute atomic E-state index is 0.462. The standard InChI is InChI=1S/C12H9N3OS/c13-12-8-5-7(11-10(17)3-4-16-11)1-2-9(8)14-6-15-12/h1-6,17H,(H2,13,14,15). The van der Waals surface area contributed by atoms with Gasteiger partial charge in [-0.1, -0.05) is 0 Å². The second-order valence-electron chi connectivity index (χ2n) is 3.63. The monoisotopic (exact) mass is 243 g/mol. The summed E-state index contributed by atoms with van der Waals surface area (Å²) in [6, 6.07) is 7.52. The molecule has 0 unspecified atom stereocenters. The average Bonchev–Trinajstić information content (AvgIpc) is 2.76. The lowest BCUT2D eigenvalue weighted by Crippen LogP contribution is -1.93. The molecular formula is C12H9N3OS. The van der Waals surface area contributed by atoms with E-state index in [2.05, 4.69) is 22.6 Å². The van der Waals surface area contributed by atoms with Crippen LogP contribution in [0.2, 0.25) is 0 Å². The van der Waals surface area contributed by atoms with Crippen LogP contribution in [0.15, 0.2) is 46.2 Å². The number of furan rings is 1. The Balaban J connectivity index is 2.27. The Bertz CT molecular complexity index is 693. The number of benzene rings is 1. The van der Waals surface area contributed by atoms with E-state index in [-0.39, 0.29) is 0 Å². The summed E-state index contributed by atoms with van der Waals surface area (Å²) in [6.07, 6.45) is 3.06. The van der Waals surface area contributed by atoms with Gasteiger partial charge >= 0.3 is 0 Å². The van der Waals surface area contributed by atoms with Crippen molar-refractivity contribution in [2.75, 3.05) is 5.73 Å². The third-order valence-electron chi connectivity index (χ3n) is 2.57. The maximum atomic E-state index is 5.82. The van der Waals surface area contributed by atoms with Crippen LogP contribution in [0, 0.1) is 0 Å². The first kappa shape index (κ1) is 10.2. The van der Waals surface area contributed by atoms with E-state index in [4.69, 9.17) is 10.2 Å². The lowest BCUT2D eigenvalue weighted by atomic mass is 10.1. The molecule has 4 nitrogen and oxygen atoms in total. The number of aromatic nitrogens is 2. The largest absolute Gasteiger partial charge is 0.463 e. The number of hydrogen-bond acceptors (Lipinski definition) is 5. The van der Waals surface area contributed by atoms with Crippen molar-refractivity contribution >= 4 is 29.3 Å². The fourth-order valence-corrected chi connectivity index (χ4v) is 1.98. The zero-order valence-electron chi connectivity index (χ0n) is 8.79. The Kier molecular flexibility index (Phi) is 2.26. The molecule has 0 bridgehead atoms. The molecule has 0 saturated carbocycles. The first-order valence-corrected chi connectivity index (χ1v) is 5.47. The molecule has 2 heterocycles. The molecule has 0 aliphatic carbocycles. The molecule has 2 N–H and O–H groups in total. The van der Waals surface area contributed by atoms with Gasteiger partial charge in [0.1, 0.15) is 17.9 Å². The van der Waals surface area contributed by atoms with Crippen molar-refractivity contribution in [3.8, 4) is 11.3 Å². The van der Waals surface area contributed by atoms with E-state index in [0.717, 1.165) is 27.1 Å². The van der Waals surface area contributed by atoms with Crippen molar-refractivity contribution in [3.05, 3.63) is 36.9 Å². The van der Waals surface area contributed by atoms with Crippen LogP contribution in [0.4, 0.5) is 5.82 Å². The van der Waals surface area contributed by atoms with E-state index in [1.165, 1.54) is 6.33 Å². The van der Waals surface area contributed by atoms with Gasteiger partial charge in [-0.15, -0.1) is 12.6 Å². The molecule has 0 aliphatic rings. The van der Waals surface area contributed by atoms with E-state index >= 15 is 0 Å². The third kappa shape index (κ3) is 1.64. The minimum atomic E-state index is 0.462. The summed E-state index contributed by atoms with van der Waals surface area (Å²) in [6.45, 7) is 0. The van der Waals surface area contributed by atoms with Crippen LogP contribution in [0.5, 0.6) is 0 Å². The van der Waals surface area contributed by atoms with Crippen LogP contribution < -0.4 is 5.73 Å². The predicted octanol–water partition coefficient (Wildman–Crippen LogP) is 2.76. The average molecular weight is 243 g/mol. The zero-order chi connectivity index (χ0) is 11.8. The van der Waals surface area contributed by atoms with E-state index in [9.17, 15) is 0 Å². The lowest BCUT2D eigenvalue weighted by molar-refractivity contribution is 0.578. The SMILES string of the molecule is Nc1ncnc2ccc(-c3occc3S)cc12. The van der Waals surface area contributed by atoms with Gasteiger partial charge in [0, 0.05) is 10.9 Å². The second-order valence-corrected chi connectivity index (χ2v) is 4.11. The molecule has 84 valence electrons. The zero-order valence-corrected chi connectivity index (χ0v) is 9.69. The van der Waals surface area contributed by atoms with Gasteiger partial charge in [0.05, 0.1) is 16.7 Å². The summed E-state index contributed by atoms with van der Waals surface area (Å²) in [5.74, 6) is 1.18. The second kappa shape index (κ2) is 3.78. The van der Waals surface area contributed by atoms with Crippen LogP contribution in [-0.2, 0) is 0 Å². The van der Waals surface area contributed by atoms with Crippen molar-refractivity contribution in [1.82, 2.24) is 9.97 Å². The Hall–Kier alpha value is -2.01. The quantitative estimate of drug-likeness (QED) is 0.645. The number of rotatable bonds is 1. The van der Waals surface area contributed by atoms with Gasteiger partial charge in [-0.05, 0) is 24.3 Å². The minimum Gasteiger partial charge on any atom is -0.463 e. The van der Waals surface area contributed by atoms with Crippen molar-refractivity contribution in [3.63, 3.8) is 0 Å². The van der Waals surface area contributed by atoms with E-state index < -0.39 is 0 Å². The van der Waals surface area contributed by atoms with Crippen LogP contribution in [0.3, 0.4) is 0 Å². The van der Waals surface area contributed by atoms with E-state index in [1.807, 2.05) is 18.2 Å². The van der Waals surface area contributed by atoms with Gasteiger partial charge in [0.15, 0.2) is 0 Å². The van der Waals surface area contributed by atoms with E-state index in [0.29, 0.717) is 5.82 Å². The van der Waals surface area contributed by atoms with Crippen LogP contribution in [0.25, 0.3) is 22.2 Å².